The van der Waals surface area contributed by atoms with Gasteiger partial charge in [0.25, 0.3) is 0 Å². The van der Waals surface area contributed by atoms with Crippen LogP contribution in [-0.4, -0.2) is 20.5 Å². The molecule has 0 saturated heterocycles. The summed E-state index contributed by atoms with van der Waals surface area (Å²) in [5.41, 5.74) is 0.989. The van der Waals surface area contributed by atoms with Crippen molar-refractivity contribution >= 4 is 15.7 Å². The Hall–Kier alpha value is -1.07. The number of anilines is 1. The molecule has 0 aromatic heterocycles. The van der Waals surface area contributed by atoms with E-state index < -0.39 is 10.0 Å². The van der Waals surface area contributed by atoms with Gasteiger partial charge in [-0.25, -0.2) is 13.1 Å². The third-order valence-electron chi connectivity index (χ3n) is 3.86. The van der Waals surface area contributed by atoms with Crippen molar-refractivity contribution in [1.82, 2.24) is 4.72 Å². The molecule has 0 spiro atoms. The molecule has 2 aliphatic rings. The Balaban J connectivity index is 1.61. The van der Waals surface area contributed by atoms with E-state index in [4.69, 9.17) is 0 Å². The normalized spacial score (nSPS) is 20.6. The molecule has 2 saturated carbocycles. The number of benzene rings is 1. The molecular weight excluding hydrogens is 272 g/mol. The molecule has 20 heavy (non-hydrogen) atoms. The van der Waals surface area contributed by atoms with Crippen molar-refractivity contribution in [2.24, 2.45) is 5.92 Å². The van der Waals surface area contributed by atoms with Crippen LogP contribution in [0.1, 0.15) is 39.0 Å². The van der Waals surface area contributed by atoms with E-state index in [2.05, 4.69) is 17.0 Å². The van der Waals surface area contributed by atoms with Crippen LogP contribution >= 0.6 is 0 Å². The summed E-state index contributed by atoms with van der Waals surface area (Å²) in [5.74, 6) is 0.889. The monoisotopic (exact) mass is 294 g/mol. The van der Waals surface area contributed by atoms with Crippen LogP contribution in [0.2, 0.25) is 0 Å². The standard InChI is InChI=1S/C15H22N2O2S/c1-11(10-12-2-3-12)16-13-6-8-15(9-7-13)20(18,19)17-14-4-5-14/h6-9,11-12,14,16-17H,2-5,10H2,1H3. The second-order valence-electron chi connectivity index (χ2n) is 6.14. The molecule has 0 radical (unpaired) electrons. The summed E-state index contributed by atoms with van der Waals surface area (Å²) >= 11 is 0. The predicted octanol–water partition coefficient (Wildman–Crippen LogP) is 2.73. The van der Waals surface area contributed by atoms with Crippen LogP contribution in [0.25, 0.3) is 0 Å². The van der Waals surface area contributed by atoms with Crippen LogP contribution in [0, 0.1) is 5.92 Å². The first kappa shape index (κ1) is 13.9. The topological polar surface area (TPSA) is 58.2 Å². The van der Waals surface area contributed by atoms with Crippen LogP contribution in [0.15, 0.2) is 29.2 Å². The summed E-state index contributed by atoms with van der Waals surface area (Å²) in [7, 11) is -3.33. The molecule has 0 bridgehead atoms. The van der Waals surface area contributed by atoms with Crippen molar-refractivity contribution in [3.8, 4) is 0 Å². The van der Waals surface area contributed by atoms with Gasteiger partial charge in [0.2, 0.25) is 10.0 Å². The SMILES string of the molecule is CC(CC1CC1)Nc1ccc(S(=O)(=O)NC2CC2)cc1. The van der Waals surface area contributed by atoms with Crippen LogP contribution in [-0.2, 0) is 10.0 Å². The lowest BCUT2D eigenvalue weighted by Gasteiger charge is -2.15. The van der Waals surface area contributed by atoms with Gasteiger partial charge in [0.05, 0.1) is 4.90 Å². The van der Waals surface area contributed by atoms with Gasteiger partial charge in [0.15, 0.2) is 0 Å². The van der Waals surface area contributed by atoms with Crippen LogP contribution in [0.3, 0.4) is 0 Å². The van der Waals surface area contributed by atoms with E-state index in [1.807, 2.05) is 12.1 Å². The Labute approximate surface area is 121 Å². The van der Waals surface area contributed by atoms with E-state index in [0.29, 0.717) is 10.9 Å². The molecule has 4 nitrogen and oxygen atoms in total. The Morgan fingerprint density at radius 2 is 1.80 bits per heavy atom. The first-order valence-electron chi connectivity index (χ1n) is 7.42. The summed E-state index contributed by atoms with van der Waals surface area (Å²) in [5, 5.41) is 3.43. The number of hydrogen-bond donors (Lipinski definition) is 2. The summed E-state index contributed by atoms with van der Waals surface area (Å²) in [6, 6.07) is 7.65. The number of rotatable bonds is 7. The molecule has 2 aliphatic carbocycles. The quantitative estimate of drug-likeness (QED) is 0.813. The van der Waals surface area contributed by atoms with Gasteiger partial charge in [-0.2, -0.15) is 0 Å². The Kier molecular flexibility index (Phi) is 3.73. The maximum atomic E-state index is 12.0. The highest BCUT2D eigenvalue weighted by Crippen LogP contribution is 2.34. The molecule has 5 heteroatoms. The van der Waals surface area contributed by atoms with E-state index in [9.17, 15) is 8.42 Å². The Morgan fingerprint density at radius 3 is 2.35 bits per heavy atom. The predicted molar refractivity (Wildman–Crippen MR) is 80.2 cm³/mol. The lowest BCUT2D eigenvalue weighted by Crippen LogP contribution is -2.25. The van der Waals surface area contributed by atoms with Crippen molar-refractivity contribution < 1.29 is 8.42 Å². The van der Waals surface area contributed by atoms with Crippen molar-refractivity contribution in [1.29, 1.82) is 0 Å². The summed E-state index contributed by atoms with van der Waals surface area (Å²) in [6.45, 7) is 2.18. The summed E-state index contributed by atoms with van der Waals surface area (Å²) in [6.07, 6.45) is 5.82. The van der Waals surface area contributed by atoms with E-state index >= 15 is 0 Å². The summed E-state index contributed by atoms with van der Waals surface area (Å²) < 4.78 is 26.8. The van der Waals surface area contributed by atoms with Gasteiger partial charge < -0.3 is 5.32 Å². The van der Waals surface area contributed by atoms with Gasteiger partial charge in [-0.3, -0.25) is 0 Å². The zero-order valence-electron chi connectivity index (χ0n) is 11.8. The van der Waals surface area contributed by atoms with Crippen molar-refractivity contribution in [2.75, 3.05) is 5.32 Å². The highest BCUT2D eigenvalue weighted by atomic mass is 32.2. The minimum atomic E-state index is -3.33. The molecule has 1 unspecified atom stereocenters. The van der Waals surface area contributed by atoms with Gasteiger partial charge in [-0.15, -0.1) is 0 Å². The minimum absolute atomic E-state index is 0.149. The molecular formula is C15H22N2O2S. The molecule has 2 N–H and O–H groups in total. The lowest BCUT2D eigenvalue weighted by molar-refractivity contribution is 0.581. The molecule has 1 aromatic rings. The fourth-order valence-corrected chi connectivity index (χ4v) is 3.72. The fourth-order valence-electron chi connectivity index (χ4n) is 2.42. The molecule has 0 aliphatic heterocycles. The second kappa shape index (κ2) is 5.37. The maximum Gasteiger partial charge on any atom is 0.240 e. The van der Waals surface area contributed by atoms with Crippen molar-refractivity contribution in [3.05, 3.63) is 24.3 Å². The average molecular weight is 294 g/mol. The highest BCUT2D eigenvalue weighted by Gasteiger charge is 2.28. The molecule has 2 fully saturated rings. The van der Waals surface area contributed by atoms with Crippen LogP contribution < -0.4 is 10.0 Å². The van der Waals surface area contributed by atoms with E-state index in [1.54, 1.807) is 12.1 Å². The first-order valence-corrected chi connectivity index (χ1v) is 8.90. The van der Waals surface area contributed by atoms with Gasteiger partial charge in [-0.1, -0.05) is 12.8 Å². The van der Waals surface area contributed by atoms with Gasteiger partial charge >= 0.3 is 0 Å². The Morgan fingerprint density at radius 1 is 1.15 bits per heavy atom. The molecule has 3 rings (SSSR count). The van der Waals surface area contributed by atoms with Crippen LogP contribution in [0.4, 0.5) is 5.69 Å². The van der Waals surface area contributed by atoms with Crippen LogP contribution in [0.5, 0.6) is 0 Å². The molecule has 1 atom stereocenters. The highest BCUT2D eigenvalue weighted by molar-refractivity contribution is 7.89. The fraction of sp³-hybridized carbons (Fsp3) is 0.600. The lowest BCUT2D eigenvalue weighted by atomic mass is 10.1. The summed E-state index contributed by atoms with van der Waals surface area (Å²) in [4.78, 5) is 0.352. The minimum Gasteiger partial charge on any atom is -0.383 e. The third kappa shape index (κ3) is 3.73. The Bertz CT molecular complexity index is 560. The van der Waals surface area contributed by atoms with Gasteiger partial charge in [0.1, 0.15) is 0 Å². The number of hydrogen-bond acceptors (Lipinski definition) is 3. The van der Waals surface area contributed by atoms with E-state index in [1.165, 1.54) is 19.3 Å². The smallest absolute Gasteiger partial charge is 0.240 e. The maximum absolute atomic E-state index is 12.0. The van der Waals surface area contributed by atoms with Crippen molar-refractivity contribution in [2.45, 2.75) is 56.0 Å². The van der Waals surface area contributed by atoms with Crippen molar-refractivity contribution in [3.63, 3.8) is 0 Å². The number of sulfonamides is 1. The third-order valence-corrected chi connectivity index (χ3v) is 5.40. The van der Waals surface area contributed by atoms with E-state index in [0.717, 1.165) is 24.4 Å². The average Bonchev–Trinajstić information content (AvgIpc) is 3.26. The second-order valence-corrected chi connectivity index (χ2v) is 7.86. The number of nitrogens with one attached hydrogen (secondary N) is 2. The first-order chi connectivity index (χ1) is 9.53. The van der Waals surface area contributed by atoms with Gasteiger partial charge in [-0.05, 0) is 56.4 Å². The molecule has 1 aromatic carbocycles. The van der Waals surface area contributed by atoms with E-state index in [-0.39, 0.29) is 6.04 Å². The molecule has 110 valence electrons. The zero-order valence-corrected chi connectivity index (χ0v) is 12.6. The molecule has 0 heterocycles. The largest absolute Gasteiger partial charge is 0.383 e. The van der Waals surface area contributed by atoms with Gasteiger partial charge in [0, 0.05) is 17.8 Å². The molecule has 0 amide bonds. The zero-order chi connectivity index (χ0) is 14.2.